The number of likely N-dealkylation sites (N-methyl/N-ethyl adjacent to an activating group) is 2. The molecule has 1 aromatic rings. The minimum absolute atomic E-state index is 0.0375. The third-order valence-electron chi connectivity index (χ3n) is 3.53. The van der Waals surface area contributed by atoms with Crippen molar-refractivity contribution < 1.29 is 4.42 Å². The number of rotatable bonds is 3. The molecule has 96 valence electrons. The van der Waals surface area contributed by atoms with E-state index in [1.807, 2.05) is 12.1 Å². The molecule has 2 atom stereocenters. The summed E-state index contributed by atoms with van der Waals surface area (Å²) in [6, 6.07) is 4.25. The summed E-state index contributed by atoms with van der Waals surface area (Å²) in [6.07, 6.45) is 2.89. The van der Waals surface area contributed by atoms with Crippen LogP contribution in [0.1, 0.15) is 18.2 Å². The molecule has 0 bridgehead atoms. The van der Waals surface area contributed by atoms with E-state index in [9.17, 15) is 0 Å². The van der Waals surface area contributed by atoms with E-state index in [2.05, 4.69) is 29.3 Å². The fraction of sp³-hybridized carbons (Fsp3) is 0.667. The highest BCUT2D eigenvalue weighted by Crippen LogP contribution is 2.22. The highest BCUT2D eigenvalue weighted by molar-refractivity contribution is 5.08. The quantitative estimate of drug-likeness (QED) is 0.590. The Labute approximate surface area is 103 Å². The predicted molar refractivity (Wildman–Crippen MR) is 67.3 cm³/mol. The number of hydrogen-bond donors (Lipinski definition) is 2. The lowest BCUT2D eigenvalue weighted by atomic mass is 10.0. The van der Waals surface area contributed by atoms with Gasteiger partial charge in [0.2, 0.25) is 0 Å². The van der Waals surface area contributed by atoms with Gasteiger partial charge in [0.25, 0.3) is 0 Å². The van der Waals surface area contributed by atoms with Crippen molar-refractivity contribution in [3.8, 4) is 0 Å². The van der Waals surface area contributed by atoms with E-state index < -0.39 is 0 Å². The van der Waals surface area contributed by atoms with Crippen LogP contribution in [0.5, 0.6) is 0 Å². The van der Waals surface area contributed by atoms with Crippen molar-refractivity contribution in [1.29, 1.82) is 0 Å². The van der Waals surface area contributed by atoms with Gasteiger partial charge in [-0.15, -0.1) is 0 Å². The van der Waals surface area contributed by atoms with Gasteiger partial charge < -0.3 is 14.2 Å². The van der Waals surface area contributed by atoms with Crippen LogP contribution in [0.2, 0.25) is 0 Å². The minimum atomic E-state index is 0.0375. The Morgan fingerprint density at radius 1 is 1.47 bits per heavy atom. The van der Waals surface area contributed by atoms with Crippen molar-refractivity contribution in [1.82, 2.24) is 15.2 Å². The first-order valence-electron chi connectivity index (χ1n) is 6.10. The number of nitrogens with zero attached hydrogens (tertiary/aromatic N) is 2. The average Bonchev–Trinajstić information content (AvgIpc) is 2.76. The van der Waals surface area contributed by atoms with Crippen molar-refractivity contribution >= 4 is 0 Å². The van der Waals surface area contributed by atoms with Gasteiger partial charge in [-0.2, -0.15) is 0 Å². The van der Waals surface area contributed by atoms with Crippen LogP contribution in [0.3, 0.4) is 0 Å². The molecule has 5 nitrogen and oxygen atoms in total. The fourth-order valence-corrected chi connectivity index (χ4v) is 2.52. The third kappa shape index (κ3) is 2.87. The van der Waals surface area contributed by atoms with E-state index in [0.717, 1.165) is 25.4 Å². The van der Waals surface area contributed by atoms with Crippen LogP contribution in [0.25, 0.3) is 0 Å². The minimum Gasteiger partial charge on any atom is -0.468 e. The first-order valence-corrected chi connectivity index (χ1v) is 6.10. The van der Waals surface area contributed by atoms with E-state index in [4.69, 9.17) is 10.3 Å². The van der Waals surface area contributed by atoms with Crippen LogP contribution >= 0.6 is 0 Å². The molecule has 17 heavy (non-hydrogen) atoms. The van der Waals surface area contributed by atoms with Crippen LogP contribution in [0, 0.1) is 0 Å². The van der Waals surface area contributed by atoms with Gasteiger partial charge in [-0.3, -0.25) is 5.84 Å². The van der Waals surface area contributed by atoms with E-state index in [1.165, 1.54) is 6.42 Å². The molecule has 2 unspecified atom stereocenters. The van der Waals surface area contributed by atoms with Gasteiger partial charge in [0.1, 0.15) is 5.76 Å². The van der Waals surface area contributed by atoms with Crippen molar-refractivity contribution in [2.75, 3.05) is 33.7 Å². The largest absolute Gasteiger partial charge is 0.468 e. The van der Waals surface area contributed by atoms with Gasteiger partial charge in [0, 0.05) is 12.6 Å². The molecular weight excluding hydrogens is 216 g/mol. The molecule has 1 aliphatic rings. The second kappa shape index (κ2) is 5.64. The zero-order valence-electron chi connectivity index (χ0n) is 10.6. The summed E-state index contributed by atoms with van der Waals surface area (Å²) >= 11 is 0. The summed E-state index contributed by atoms with van der Waals surface area (Å²) in [5.41, 5.74) is 2.89. The summed E-state index contributed by atoms with van der Waals surface area (Å²) < 4.78 is 5.48. The number of furan rings is 1. The lowest BCUT2D eigenvalue weighted by molar-refractivity contribution is 0.166. The standard InChI is InChI=1S/C12H22N4O/c1-15-6-4-7-16(2)10(9-15)12(14-13)11-5-3-8-17-11/h3,5,8,10,12,14H,4,6-7,9,13H2,1-2H3. The predicted octanol–water partition coefficient (Wildman–Crippen LogP) is 0.420. The summed E-state index contributed by atoms with van der Waals surface area (Å²) in [5.74, 6) is 6.60. The number of nitrogens with two attached hydrogens (primary N) is 1. The Hall–Kier alpha value is -0.880. The van der Waals surface area contributed by atoms with Gasteiger partial charge in [0.15, 0.2) is 0 Å². The molecule has 1 aromatic heterocycles. The van der Waals surface area contributed by atoms with Gasteiger partial charge in [0.05, 0.1) is 12.3 Å². The first kappa shape index (κ1) is 12.6. The third-order valence-corrected chi connectivity index (χ3v) is 3.53. The number of hydrazine groups is 1. The highest BCUT2D eigenvalue weighted by atomic mass is 16.3. The topological polar surface area (TPSA) is 57.7 Å². The Morgan fingerprint density at radius 2 is 2.29 bits per heavy atom. The Morgan fingerprint density at radius 3 is 2.94 bits per heavy atom. The second-order valence-electron chi connectivity index (χ2n) is 4.82. The monoisotopic (exact) mass is 238 g/mol. The van der Waals surface area contributed by atoms with E-state index in [1.54, 1.807) is 6.26 Å². The zero-order valence-corrected chi connectivity index (χ0v) is 10.6. The van der Waals surface area contributed by atoms with E-state index >= 15 is 0 Å². The fourth-order valence-electron chi connectivity index (χ4n) is 2.52. The van der Waals surface area contributed by atoms with Crippen LogP contribution < -0.4 is 11.3 Å². The maximum atomic E-state index is 5.70. The smallest absolute Gasteiger partial charge is 0.123 e. The van der Waals surface area contributed by atoms with E-state index in [-0.39, 0.29) is 6.04 Å². The number of nitrogens with one attached hydrogen (secondary N) is 1. The average molecular weight is 238 g/mol. The van der Waals surface area contributed by atoms with Gasteiger partial charge >= 0.3 is 0 Å². The normalized spacial score (nSPS) is 25.7. The lowest BCUT2D eigenvalue weighted by Gasteiger charge is -2.33. The molecule has 1 fully saturated rings. The summed E-state index contributed by atoms with van der Waals surface area (Å²) in [5, 5.41) is 0. The van der Waals surface area contributed by atoms with Crippen molar-refractivity contribution in [3.05, 3.63) is 24.2 Å². The van der Waals surface area contributed by atoms with Crippen LogP contribution in [-0.2, 0) is 0 Å². The molecule has 1 aliphatic heterocycles. The molecule has 0 radical (unpaired) electrons. The van der Waals surface area contributed by atoms with Gasteiger partial charge in [-0.1, -0.05) is 0 Å². The Bertz CT molecular complexity index is 327. The van der Waals surface area contributed by atoms with Crippen molar-refractivity contribution in [2.24, 2.45) is 5.84 Å². The molecular formula is C12H22N4O. The molecule has 3 N–H and O–H groups in total. The van der Waals surface area contributed by atoms with Crippen molar-refractivity contribution in [3.63, 3.8) is 0 Å². The summed E-state index contributed by atoms with van der Waals surface area (Å²) in [6.45, 7) is 3.22. The maximum absolute atomic E-state index is 5.70. The molecule has 1 saturated heterocycles. The highest BCUT2D eigenvalue weighted by Gasteiger charge is 2.30. The summed E-state index contributed by atoms with van der Waals surface area (Å²) in [7, 11) is 4.30. The molecule has 0 aliphatic carbocycles. The molecule has 0 amide bonds. The van der Waals surface area contributed by atoms with Crippen LogP contribution in [-0.4, -0.2) is 49.6 Å². The van der Waals surface area contributed by atoms with Crippen molar-refractivity contribution in [2.45, 2.75) is 18.5 Å². The zero-order chi connectivity index (χ0) is 12.3. The van der Waals surface area contributed by atoms with Gasteiger partial charge in [-0.25, -0.2) is 5.43 Å². The Balaban J connectivity index is 2.16. The lowest BCUT2D eigenvalue weighted by Crippen LogP contribution is -2.48. The van der Waals surface area contributed by atoms with Crippen LogP contribution in [0.15, 0.2) is 22.8 Å². The molecule has 0 aromatic carbocycles. The molecule has 2 rings (SSSR count). The molecule has 2 heterocycles. The maximum Gasteiger partial charge on any atom is 0.123 e. The van der Waals surface area contributed by atoms with Gasteiger partial charge in [-0.05, 0) is 45.7 Å². The second-order valence-corrected chi connectivity index (χ2v) is 4.82. The SMILES string of the molecule is CN1CCCN(C)C(C(NN)c2ccco2)C1. The number of hydrogen-bond acceptors (Lipinski definition) is 5. The summed E-state index contributed by atoms with van der Waals surface area (Å²) in [4.78, 5) is 4.71. The molecule has 0 spiro atoms. The van der Waals surface area contributed by atoms with E-state index in [0.29, 0.717) is 6.04 Å². The van der Waals surface area contributed by atoms with Crippen LogP contribution in [0.4, 0.5) is 0 Å². The molecule has 5 heteroatoms. The first-order chi connectivity index (χ1) is 8.22. The molecule has 0 saturated carbocycles. The Kier molecular flexibility index (Phi) is 4.17.